The van der Waals surface area contributed by atoms with Gasteiger partial charge in [-0.2, -0.15) is 0 Å². The highest BCUT2D eigenvalue weighted by Crippen LogP contribution is 2.37. The molecular weight excluding hydrogens is 380 g/mol. The number of nitrogens with one attached hydrogen (secondary N) is 1. The summed E-state index contributed by atoms with van der Waals surface area (Å²) in [7, 11) is 0. The number of Topliss-reactive ketones (excluding diaryl/α,β-unsaturated/α-hetero) is 1. The van der Waals surface area contributed by atoms with Crippen LogP contribution in [0.4, 0.5) is 5.69 Å². The zero-order chi connectivity index (χ0) is 19.7. The Morgan fingerprint density at radius 2 is 2.00 bits per heavy atom. The largest absolute Gasteiger partial charge is 0.454 e. The van der Waals surface area contributed by atoms with E-state index in [1.807, 2.05) is 11.4 Å². The third kappa shape index (κ3) is 3.60. The molecule has 7 nitrogen and oxygen atoms in total. The summed E-state index contributed by atoms with van der Waals surface area (Å²) in [4.78, 5) is 39.9. The summed E-state index contributed by atoms with van der Waals surface area (Å²) >= 11 is 1.40. The molecule has 0 saturated carbocycles. The highest BCUT2D eigenvalue weighted by Gasteiger charge is 2.30. The molecule has 1 saturated heterocycles. The predicted octanol–water partition coefficient (Wildman–Crippen LogP) is 3.17. The van der Waals surface area contributed by atoms with Gasteiger partial charge in [0.2, 0.25) is 12.7 Å². The molecule has 1 N–H and O–H groups in total. The predicted molar refractivity (Wildman–Crippen MR) is 104 cm³/mol. The van der Waals surface area contributed by atoms with Gasteiger partial charge in [0.05, 0.1) is 16.5 Å². The molecule has 28 heavy (non-hydrogen) atoms. The maximum atomic E-state index is 12.9. The maximum absolute atomic E-state index is 12.9. The molecule has 2 aromatic rings. The van der Waals surface area contributed by atoms with Crippen LogP contribution in [0.1, 0.15) is 39.8 Å². The second kappa shape index (κ2) is 7.63. The van der Waals surface area contributed by atoms with E-state index in [1.165, 1.54) is 18.3 Å². The van der Waals surface area contributed by atoms with Gasteiger partial charge in [0, 0.05) is 24.7 Å². The monoisotopic (exact) mass is 400 g/mol. The Kier molecular flexibility index (Phi) is 5.04. The highest BCUT2D eigenvalue weighted by molar-refractivity contribution is 7.12. The number of amides is 2. The zero-order valence-corrected chi connectivity index (χ0v) is 16.2. The molecule has 0 bridgehead atoms. The lowest BCUT2D eigenvalue weighted by atomic mass is 9.96. The van der Waals surface area contributed by atoms with E-state index in [2.05, 4.69) is 5.32 Å². The van der Waals surface area contributed by atoms with Gasteiger partial charge in [-0.15, -0.1) is 11.3 Å². The Morgan fingerprint density at radius 3 is 2.71 bits per heavy atom. The average Bonchev–Trinajstić information content (AvgIpc) is 3.38. The molecule has 1 unspecified atom stereocenters. The Bertz CT molecular complexity index is 925. The van der Waals surface area contributed by atoms with Crippen LogP contribution in [0.2, 0.25) is 0 Å². The van der Waals surface area contributed by atoms with Crippen molar-refractivity contribution in [2.75, 3.05) is 25.2 Å². The van der Waals surface area contributed by atoms with E-state index in [0.717, 1.165) is 6.42 Å². The molecule has 0 radical (unpaired) electrons. The van der Waals surface area contributed by atoms with E-state index in [-0.39, 0.29) is 30.3 Å². The van der Waals surface area contributed by atoms with Gasteiger partial charge in [-0.05, 0) is 37.3 Å². The molecular formula is C20H20N2O5S. The number of carbonyl (C=O) groups is 3. The fourth-order valence-corrected chi connectivity index (χ4v) is 4.19. The van der Waals surface area contributed by atoms with Gasteiger partial charge in [0.25, 0.3) is 5.91 Å². The molecule has 2 aliphatic heterocycles. The lowest BCUT2D eigenvalue weighted by Crippen LogP contribution is -2.43. The summed E-state index contributed by atoms with van der Waals surface area (Å²) < 4.78 is 10.7. The minimum atomic E-state index is -0.331. The van der Waals surface area contributed by atoms with Crippen LogP contribution in [-0.2, 0) is 4.79 Å². The van der Waals surface area contributed by atoms with Gasteiger partial charge in [-0.1, -0.05) is 6.07 Å². The van der Waals surface area contributed by atoms with Crippen molar-refractivity contribution in [3.63, 3.8) is 0 Å². The molecule has 2 aliphatic rings. The van der Waals surface area contributed by atoms with E-state index in [4.69, 9.17) is 9.47 Å². The van der Waals surface area contributed by atoms with Crippen molar-refractivity contribution >= 4 is 34.6 Å². The molecule has 8 heteroatoms. The molecule has 0 aliphatic carbocycles. The molecule has 0 spiro atoms. The van der Waals surface area contributed by atoms with Crippen molar-refractivity contribution in [1.29, 1.82) is 0 Å². The Morgan fingerprint density at radius 1 is 1.21 bits per heavy atom. The minimum absolute atomic E-state index is 0.0417. The first-order valence-corrected chi connectivity index (χ1v) is 9.99. The zero-order valence-electron chi connectivity index (χ0n) is 15.4. The summed E-state index contributed by atoms with van der Waals surface area (Å²) in [5.74, 6) is 0.242. The SMILES string of the molecule is CC(=O)c1cc2c(cc1NC(=O)C1CCCN(C(=O)c3cccs3)C1)OCO2. The van der Waals surface area contributed by atoms with Crippen molar-refractivity contribution in [2.24, 2.45) is 5.92 Å². The van der Waals surface area contributed by atoms with Gasteiger partial charge in [0.15, 0.2) is 17.3 Å². The first kappa shape index (κ1) is 18.5. The topological polar surface area (TPSA) is 84.9 Å². The number of carbonyl (C=O) groups excluding carboxylic acids is 3. The van der Waals surface area contributed by atoms with Crippen molar-refractivity contribution in [2.45, 2.75) is 19.8 Å². The van der Waals surface area contributed by atoms with Gasteiger partial charge in [-0.3, -0.25) is 14.4 Å². The highest BCUT2D eigenvalue weighted by atomic mass is 32.1. The number of hydrogen-bond acceptors (Lipinski definition) is 6. The molecule has 4 rings (SSSR count). The first-order valence-electron chi connectivity index (χ1n) is 9.11. The van der Waals surface area contributed by atoms with Crippen LogP contribution in [0.5, 0.6) is 11.5 Å². The smallest absolute Gasteiger partial charge is 0.263 e. The van der Waals surface area contributed by atoms with E-state index in [0.29, 0.717) is 47.1 Å². The van der Waals surface area contributed by atoms with Crippen LogP contribution >= 0.6 is 11.3 Å². The fraction of sp³-hybridized carbons (Fsp3) is 0.350. The molecule has 3 heterocycles. The quantitative estimate of drug-likeness (QED) is 0.797. The fourth-order valence-electron chi connectivity index (χ4n) is 3.50. The second-order valence-electron chi connectivity index (χ2n) is 6.86. The van der Waals surface area contributed by atoms with Crippen LogP contribution in [0.3, 0.4) is 0 Å². The van der Waals surface area contributed by atoms with Crippen LogP contribution < -0.4 is 14.8 Å². The second-order valence-corrected chi connectivity index (χ2v) is 7.81. The van der Waals surface area contributed by atoms with Gasteiger partial charge >= 0.3 is 0 Å². The number of thiophene rings is 1. The van der Waals surface area contributed by atoms with E-state index >= 15 is 0 Å². The van der Waals surface area contributed by atoms with Crippen molar-refractivity contribution in [3.05, 3.63) is 40.1 Å². The lowest BCUT2D eigenvalue weighted by molar-refractivity contribution is -0.121. The number of likely N-dealkylation sites (tertiary alicyclic amines) is 1. The normalized spacial score (nSPS) is 18.0. The number of benzene rings is 1. The molecule has 2 amide bonds. The van der Waals surface area contributed by atoms with E-state index in [1.54, 1.807) is 23.1 Å². The van der Waals surface area contributed by atoms with Crippen molar-refractivity contribution < 1.29 is 23.9 Å². The number of ether oxygens (including phenoxy) is 2. The number of nitrogens with zero attached hydrogens (tertiary/aromatic N) is 1. The van der Waals surface area contributed by atoms with Crippen LogP contribution in [0.25, 0.3) is 0 Å². The lowest BCUT2D eigenvalue weighted by Gasteiger charge is -2.32. The Balaban J connectivity index is 1.49. The summed E-state index contributed by atoms with van der Waals surface area (Å²) in [6.07, 6.45) is 1.45. The molecule has 1 aromatic heterocycles. The summed E-state index contributed by atoms with van der Waals surface area (Å²) in [6, 6.07) is 6.85. The standard InChI is InChI=1S/C20H20N2O5S/c1-12(23)14-8-16-17(27-11-26-16)9-15(14)21-19(24)13-4-2-6-22(10-13)20(25)18-5-3-7-28-18/h3,5,7-9,13H,2,4,6,10-11H2,1H3,(H,21,24). The Labute approximate surface area is 166 Å². The number of hydrogen-bond donors (Lipinski definition) is 1. The summed E-state index contributed by atoms with van der Waals surface area (Å²) in [5.41, 5.74) is 0.781. The Hall–Kier alpha value is -2.87. The first-order chi connectivity index (χ1) is 13.5. The number of piperidine rings is 1. The molecule has 146 valence electrons. The number of anilines is 1. The van der Waals surface area contributed by atoms with Crippen LogP contribution in [-0.4, -0.2) is 42.4 Å². The van der Waals surface area contributed by atoms with Gasteiger partial charge in [0.1, 0.15) is 0 Å². The van der Waals surface area contributed by atoms with Crippen molar-refractivity contribution in [3.8, 4) is 11.5 Å². The average molecular weight is 400 g/mol. The summed E-state index contributed by atoms with van der Waals surface area (Å²) in [5, 5.41) is 4.72. The van der Waals surface area contributed by atoms with Crippen molar-refractivity contribution in [1.82, 2.24) is 4.90 Å². The van der Waals surface area contributed by atoms with Crippen LogP contribution in [0.15, 0.2) is 29.6 Å². The van der Waals surface area contributed by atoms with Gasteiger partial charge in [-0.25, -0.2) is 0 Å². The van der Waals surface area contributed by atoms with Crippen LogP contribution in [0, 0.1) is 5.92 Å². The van der Waals surface area contributed by atoms with E-state index in [9.17, 15) is 14.4 Å². The number of rotatable bonds is 4. The number of fused-ring (bicyclic) bond motifs is 1. The minimum Gasteiger partial charge on any atom is -0.454 e. The molecule has 1 aromatic carbocycles. The third-order valence-electron chi connectivity index (χ3n) is 4.96. The van der Waals surface area contributed by atoms with Gasteiger partial charge < -0.3 is 19.7 Å². The third-order valence-corrected chi connectivity index (χ3v) is 5.82. The van der Waals surface area contributed by atoms with E-state index < -0.39 is 0 Å². The molecule has 1 atom stereocenters. The molecule has 1 fully saturated rings. The number of ketones is 1. The maximum Gasteiger partial charge on any atom is 0.263 e. The summed E-state index contributed by atoms with van der Waals surface area (Å²) in [6.45, 7) is 2.54.